The van der Waals surface area contributed by atoms with Crippen molar-refractivity contribution in [3.63, 3.8) is 0 Å². The topological polar surface area (TPSA) is 103 Å². The van der Waals surface area contributed by atoms with E-state index in [4.69, 9.17) is 14.2 Å². The Kier molecular flexibility index (Phi) is 9.89. The summed E-state index contributed by atoms with van der Waals surface area (Å²) < 4.78 is 15.6. The van der Waals surface area contributed by atoms with Crippen molar-refractivity contribution >= 4 is 51.6 Å². The lowest BCUT2D eigenvalue weighted by Gasteiger charge is -2.33. The van der Waals surface area contributed by atoms with Crippen molar-refractivity contribution in [2.45, 2.75) is 57.1 Å². The molecule has 2 N–H and O–H groups in total. The van der Waals surface area contributed by atoms with Gasteiger partial charge in [0.1, 0.15) is 5.00 Å². The van der Waals surface area contributed by atoms with E-state index in [1.807, 2.05) is 25.1 Å². The molecule has 1 aromatic heterocycles. The van der Waals surface area contributed by atoms with Crippen LogP contribution in [0.1, 0.15) is 65.3 Å². The van der Waals surface area contributed by atoms with Crippen LogP contribution in [-0.2, 0) is 22.4 Å². The molecule has 2 amide bonds. The highest BCUT2D eigenvalue weighted by atomic mass is 32.2. The van der Waals surface area contributed by atoms with Crippen LogP contribution in [0, 0.1) is 11.3 Å². The highest BCUT2D eigenvalue weighted by molar-refractivity contribution is 8.00. The van der Waals surface area contributed by atoms with Gasteiger partial charge in [-0.1, -0.05) is 26.8 Å². The van der Waals surface area contributed by atoms with Crippen molar-refractivity contribution in [1.29, 1.82) is 0 Å². The van der Waals surface area contributed by atoms with Gasteiger partial charge in [-0.3, -0.25) is 9.59 Å². The third-order valence-electron chi connectivity index (χ3n) is 7.54. The first kappa shape index (κ1) is 31.4. The summed E-state index contributed by atoms with van der Waals surface area (Å²) in [5.41, 5.74) is 2.67. The predicted molar refractivity (Wildman–Crippen MR) is 169 cm³/mol. The lowest BCUT2D eigenvalue weighted by atomic mass is 9.72. The van der Waals surface area contributed by atoms with E-state index < -0.39 is 11.2 Å². The standard InChI is InChI=1S/C32H38N2O6S2/c1-18(28(35)34-30-27(31(37)40-7)23-13-12-20(32(2,3)4)16-26(23)42-30)41-22-10-8-9-21(17-22)33-29(36)19-11-14-24(38-5)25(15-19)39-6/h8-11,14-15,17-18,20H,12-13,16H2,1-7H3,(H,33,36)(H,34,35). The molecule has 0 saturated carbocycles. The maximum Gasteiger partial charge on any atom is 0.341 e. The Morgan fingerprint density at radius 2 is 1.74 bits per heavy atom. The number of hydrogen-bond acceptors (Lipinski definition) is 8. The number of anilines is 2. The number of hydrogen-bond donors (Lipinski definition) is 2. The van der Waals surface area contributed by atoms with E-state index >= 15 is 0 Å². The SMILES string of the molecule is COC(=O)c1c(NC(=O)C(C)Sc2cccc(NC(=O)c3ccc(OC)c(OC)c3)c2)sc2c1CCC(C(C)(C)C)C2. The van der Waals surface area contributed by atoms with E-state index in [1.54, 1.807) is 24.3 Å². The van der Waals surface area contributed by atoms with Crippen LogP contribution in [0.25, 0.3) is 0 Å². The number of benzene rings is 2. The summed E-state index contributed by atoms with van der Waals surface area (Å²) >= 11 is 2.85. The van der Waals surface area contributed by atoms with Gasteiger partial charge < -0.3 is 24.8 Å². The number of thiophene rings is 1. The summed E-state index contributed by atoms with van der Waals surface area (Å²) in [5.74, 6) is 0.577. The first-order valence-corrected chi connectivity index (χ1v) is 15.5. The quantitative estimate of drug-likeness (QED) is 0.197. The van der Waals surface area contributed by atoms with Gasteiger partial charge in [-0.25, -0.2) is 4.79 Å². The molecule has 0 bridgehead atoms. The van der Waals surface area contributed by atoms with Crippen LogP contribution in [0.15, 0.2) is 47.4 Å². The van der Waals surface area contributed by atoms with E-state index in [1.165, 1.54) is 44.4 Å². The minimum Gasteiger partial charge on any atom is -0.493 e. The van der Waals surface area contributed by atoms with Crippen molar-refractivity contribution in [3.05, 3.63) is 64.0 Å². The molecule has 2 aromatic carbocycles. The van der Waals surface area contributed by atoms with Crippen molar-refractivity contribution < 1.29 is 28.6 Å². The number of amides is 2. The maximum absolute atomic E-state index is 13.3. The summed E-state index contributed by atoms with van der Waals surface area (Å²) in [6, 6.07) is 12.3. The number of esters is 1. The molecule has 224 valence electrons. The fraction of sp³-hybridized carbons (Fsp3) is 0.406. The number of fused-ring (bicyclic) bond motifs is 1. The van der Waals surface area contributed by atoms with Crippen LogP contribution in [0.3, 0.4) is 0 Å². The van der Waals surface area contributed by atoms with E-state index in [0.717, 1.165) is 34.6 Å². The van der Waals surface area contributed by atoms with Crippen LogP contribution < -0.4 is 20.1 Å². The number of thioether (sulfide) groups is 1. The van der Waals surface area contributed by atoms with Crippen LogP contribution >= 0.6 is 23.1 Å². The highest BCUT2D eigenvalue weighted by Crippen LogP contribution is 2.44. The lowest BCUT2D eigenvalue weighted by molar-refractivity contribution is -0.115. The van der Waals surface area contributed by atoms with Crippen LogP contribution in [0.5, 0.6) is 11.5 Å². The zero-order valence-electron chi connectivity index (χ0n) is 25.1. The van der Waals surface area contributed by atoms with Gasteiger partial charge in [0.2, 0.25) is 5.91 Å². The summed E-state index contributed by atoms with van der Waals surface area (Å²) in [6.07, 6.45) is 2.67. The molecule has 4 rings (SSSR count). The second kappa shape index (κ2) is 13.2. The van der Waals surface area contributed by atoms with Gasteiger partial charge in [0.25, 0.3) is 5.91 Å². The van der Waals surface area contributed by atoms with E-state index in [2.05, 4.69) is 31.4 Å². The number of carbonyl (C=O) groups is 3. The summed E-state index contributed by atoms with van der Waals surface area (Å²) in [5, 5.41) is 6.00. The molecule has 3 aromatic rings. The van der Waals surface area contributed by atoms with E-state index in [-0.39, 0.29) is 17.2 Å². The zero-order chi connectivity index (χ0) is 30.6. The van der Waals surface area contributed by atoms with Gasteiger partial charge in [-0.2, -0.15) is 0 Å². The molecule has 2 unspecified atom stereocenters. The molecule has 0 aliphatic heterocycles. The molecule has 0 saturated heterocycles. The molecular formula is C32H38N2O6S2. The first-order valence-electron chi connectivity index (χ1n) is 13.8. The molecule has 1 aliphatic rings. The second-order valence-corrected chi connectivity index (χ2v) is 13.8. The lowest BCUT2D eigenvalue weighted by Crippen LogP contribution is -2.26. The number of rotatable bonds is 9. The molecule has 1 aliphatic carbocycles. The minimum absolute atomic E-state index is 0.164. The van der Waals surface area contributed by atoms with Crippen LogP contribution in [0.2, 0.25) is 0 Å². The second-order valence-electron chi connectivity index (χ2n) is 11.3. The average molecular weight is 611 g/mol. The third-order valence-corrected chi connectivity index (χ3v) is 9.80. The summed E-state index contributed by atoms with van der Waals surface area (Å²) in [6.45, 7) is 8.55. The van der Waals surface area contributed by atoms with E-state index in [0.29, 0.717) is 39.2 Å². The molecule has 42 heavy (non-hydrogen) atoms. The number of ether oxygens (including phenoxy) is 3. The van der Waals surface area contributed by atoms with Gasteiger partial charge in [0.05, 0.1) is 32.1 Å². The molecule has 2 atom stereocenters. The van der Waals surface area contributed by atoms with E-state index in [9.17, 15) is 14.4 Å². The Bertz CT molecular complexity index is 1480. The number of carbonyl (C=O) groups excluding carboxylic acids is 3. The molecular weight excluding hydrogens is 572 g/mol. The maximum atomic E-state index is 13.3. The molecule has 0 fully saturated rings. The first-order chi connectivity index (χ1) is 19.9. The van der Waals surface area contributed by atoms with Crippen LogP contribution in [0.4, 0.5) is 10.7 Å². The minimum atomic E-state index is -0.464. The van der Waals surface area contributed by atoms with Gasteiger partial charge >= 0.3 is 5.97 Å². The van der Waals surface area contributed by atoms with Crippen molar-refractivity contribution in [3.8, 4) is 11.5 Å². The zero-order valence-corrected chi connectivity index (χ0v) is 26.7. The molecule has 8 nitrogen and oxygen atoms in total. The van der Waals surface area contributed by atoms with Gasteiger partial charge in [-0.15, -0.1) is 23.1 Å². The van der Waals surface area contributed by atoms with Crippen molar-refractivity contribution in [2.75, 3.05) is 32.0 Å². The van der Waals surface area contributed by atoms with Crippen molar-refractivity contribution in [2.24, 2.45) is 11.3 Å². The molecule has 0 radical (unpaired) electrons. The Hall–Kier alpha value is -3.50. The number of nitrogens with one attached hydrogen (secondary N) is 2. The Balaban J connectivity index is 1.45. The van der Waals surface area contributed by atoms with Gasteiger partial charge in [0, 0.05) is 21.0 Å². The molecule has 10 heteroatoms. The molecule has 1 heterocycles. The normalized spacial score (nSPS) is 15.3. The predicted octanol–water partition coefficient (Wildman–Crippen LogP) is 7.07. The fourth-order valence-electron chi connectivity index (χ4n) is 5.03. The largest absolute Gasteiger partial charge is 0.493 e. The Labute approximate surface area is 255 Å². The smallest absolute Gasteiger partial charge is 0.341 e. The Morgan fingerprint density at radius 3 is 2.40 bits per heavy atom. The van der Waals surface area contributed by atoms with Gasteiger partial charge in [0.15, 0.2) is 11.5 Å². The third kappa shape index (κ3) is 7.10. The highest BCUT2D eigenvalue weighted by Gasteiger charge is 2.34. The summed E-state index contributed by atoms with van der Waals surface area (Å²) in [7, 11) is 4.42. The van der Waals surface area contributed by atoms with Crippen LogP contribution in [-0.4, -0.2) is 44.4 Å². The average Bonchev–Trinajstić information content (AvgIpc) is 3.33. The van der Waals surface area contributed by atoms with Crippen molar-refractivity contribution in [1.82, 2.24) is 0 Å². The number of methoxy groups -OCH3 is 3. The Morgan fingerprint density at radius 1 is 1.00 bits per heavy atom. The molecule has 0 spiro atoms. The summed E-state index contributed by atoms with van der Waals surface area (Å²) in [4.78, 5) is 40.9. The van der Waals surface area contributed by atoms with Gasteiger partial charge in [-0.05, 0) is 79.5 Å². The fourth-order valence-corrected chi connectivity index (χ4v) is 7.28. The monoisotopic (exact) mass is 610 g/mol.